The van der Waals surface area contributed by atoms with Crippen LogP contribution in [0.25, 0.3) is 0 Å². The van der Waals surface area contributed by atoms with E-state index in [0.29, 0.717) is 5.56 Å². The van der Waals surface area contributed by atoms with Crippen LogP contribution in [0.2, 0.25) is 0 Å². The van der Waals surface area contributed by atoms with E-state index < -0.39 is 33.5 Å². The first-order valence-corrected chi connectivity index (χ1v) is 7.01. The number of sulfonamides is 1. The molecule has 1 rings (SSSR count). The van der Waals surface area contributed by atoms with E-state index in [9.17, 15) is 18.3 Å². The molecule has 0 aliphatic heterocycles. The van der Waals surface area contributed by atoms with Crippen molar-refractivity contribution in [2.24, 2.45) is 0 Å². The number of rotatable bonds is 6. The topological polar surface area (TPSA) is 148 Å². The molecule has 1 aromatic carbocycles. The minimum Gasteiger partial charge on any atom is -0.504 e. The molecule has 0 heterocycles. The maximum absolute atomic E-state index is 11.4. The number of carboxylic acids is 1. The second-order valence-electron chi connectivity index (χ2n) is 3.95. The Balaban J connectivity index is 2.91. The molecular formula is C11H12N2O6S. The van der Waals surface area contributed by atoms with Crippen LogP contribution in [-0.4, -0.2) is 41.5 Å². The van der Waals surface area contributed by atoms with Gasteiger partial charge in [-0.05, 0) is 24.1 Å². The first kappa shape index (κ1) is 15.7. The molecule has 20 heavy (non-hydrogen) atoms. The highest BCUT2D eigenvalue weighted by Crippen LogP contribution is 2.25. The lowest BCUT2D eigenvalue weighted by molar-refractivity contribution is -0.138. The number of aromatic hydroxyl groups is 2. The Bertz CT molecular complexity index is 649. The molecule has 9 heteroatoms. The molecule has 4 N–H and O–H groups in total. The monoisotopic (exact) mass is 300 g/mol. The Kier molecular flexibility index (Phi) is 4.90. The van der Waals surface area contributed by atoms with Crippen molar-refractivity contribution in [1.29, 1.82) is 5.26 Å². The zero-order valence-corrected chi connectivity index (χ0v) is 11.0. The van der Waals surface area contributed by atoms with Gasteiger partial charge in [-0.15, -0.1) is 0 Å². The summed E-state index contributed by atoms with van der Waals surface area (Å²) in [6, 6.07) is 3.58. The average Bonchev–Trinajstić information content (AvgIpc) is 2.32. The minimum absolute atomic E-state index is 0.242. The summed E-state index contributed by atoms with van der Waals surface area (Å²) in [6.45, 7) is 0. The molecule has 108 valence electrons. The summed E-state index contributed by atoms with van der Waals surface area (Å²) in [6.07, 6.45) is -0.242. The zero-order valence-electron chi connectivity index (χ0n) is 10.1. The first-order chi connectivity index (χ1) is 9.25. The molecule has 0 spiro atoms. The smallest absolute Gasteiger partial charge is 0.322 e. The van der Waals surface area contributed by atoms with Crippen molar-refractivity contribution in [2.45, 2.75) is 12.5 Å². The molecule has 8 nitrogen and oxygen atoms in total. The van der Waals surface area contributed by atoms with E-state index >= 15 is 0 Å². The molecule has 0 fully saturated rings. The van der Waals surface area contributed by atoms with E-state index in [2.05, 4.69) is 0 Å². The molecule has 0 aliphatic rings. The van der Waals surface area contributed by atoms with Gasteiger partial charge in [0.15, 0.2) is 17.3 Å². The van der Waals surface area contributed by atoms with Crippen LogP contribution < -0.4 is 4.72 Å². The van der Waals surface area contributed by atoms with Gasteiger partial charge in [0.05, 0.1) is 6.07 Å². The summed E-state index contributed by atoms with van der Waals surface area (Å²) in [4.78, 5) is 11.0. The van der Waals surface area contributed by atoms with Crippen LogP contribution in [0.5, 0.6) is 11.5 Å². The number of benzene rings is 1. The fourth-order valence-corrected chi connectivity index (χ4v) is 2.33. The van der Waals surface area contributed by atoms with Gasteiger partial charge in [-0.3, -0.25) is 4.79 Å². The lowest BCUT2D eigenvalue weighted by atomic mass is 10.1. The number of carboxylic acid groups (broad SMARTS) is 1. The third-order valence-electron chi connectivity index (χ3n) is 2.35. The van der Waals surface area contributed by atoms with E-state index in [4.69, 9.17) is 15.5 Å². The van der Waals surface area contributed by atoms with Crippen molar-refractivity contribution in [3.05, 3.63) is 23.8 Å². The fourth-order valence-electron chi connectivity index (χ4n) is 1.45. The molecule has 1 aromatic rings. The highest BCUT2D eigenvalue weighted by atomic mass is 32.2. The second kappa shape index (κ2) is 6.23. The number of hydrogen-bond acceptors (Lipinski definition) is 6. The van der Waals surface area contributed by atoms with Crippen LogP contribution in [0, 0.1) is 11.3 Å². The molecule has 0 saturated carbocycles. The largest absolute Gasteiger partial charge is 0.504 e. The number of nitrogens with one attached hydrogen (secondary N) is 1. The SMILES string of the molecule is N#CCS(=O)(=O)N[C@@H](Cc1ccc(O)c(O)c1)C(=O)O. The van der Waals surface area contributed by atoms with Crippen LogP contribution in [0.15, 0.2) is 18.2 Å². The van der Waals surface area contributed by atoms with Crippen molar-refractivity contribution >= 4 is 16.0 Å². The molecule has 0 unspecified atom stereocenters. The molecule has 0 bridgehead atoms. The third kappa shape index (κ3) is 4.42. The normalized spacial score (nSPS) is 12.6. The van der Waals surface area contributed by atoms with E-state index in [1.54, 1.807) is 0 Å². The number of phenols is 2. The molecule has 0 aromatic heterocycles. The highest BCUT2D eigenvalue weighted by Gasteiger charge is 2.24. The number of nitrogens with zero attached hydrogens (tertiary/aromatic N) is 1. The average molecular weight is 300 g/mol. The van der Waals surface area contributed by atoms with Crippen LogP contribution in [-0.2, 0) is 21.2 Å². The standard InChI is InChI=1S/C11H12N2O6S/c12-3-4-20(18,19)13-8(11(16)17)5-7-1-2-9(14)10(15)6-7/h1-2,6,8,13-15H,4-5H2,(H,16,17)/t8-/m0/s1. The molecule has 0 radical (unpaired) electrons. The second-order valence-corrected chi connectivity index (χ2v) is 5.71. The van der Waals surface area contributed by atoms with Crippen LogP contribution >= 0.6 is 0 Å². The summed E-state index contributed by atoms with van der Waals surface area (Å²) in [5.74, 6) is -3.08. The van der Waals surface area contributed by atoms with E-state index in [0.717, 1.165) is 12.1 Å². The molecule has 0 amide bonds. The lowest BCUT2D eigenvalue weighted by Crippen LogP contribution is -2.43. The van der Waals surface area contributed by atoms with Crippen LogP contribution in [0.1, 0.15) is 5.56 Å². The van der Waals surface area contributed by atoms with Crippen LogP contribution in [0.3, 0.4) is 0 Å². The Labute approximate surface area is 115 Å². The van der Waals surface area contributed by atoms with Gasteiger partial charge in [0.25, 0.3) is 0 Å². The van der Waals surface area contributed by atoms with Gasteiger partial charge in [0, 0.05) is 0 Å². The number of nitriles is 1. The maximum atomic E-state index is 11.4. The van der Waals surface area contributed by atoms with E-state index in [1.807, 2.05) is 4.72 Å². The molecular weight excluding hydrogens is 288 g/mol. The summed E-state index contributed by atoms with van der Waals surface area (Å²) in [7, 11) is -4.02. The summed E-state index contributed by atoms with van der Waals surface area (Å²) < 4.78 is 24.6. The lowest BCUT2D eigenvalue weighted by Gasteiger charge is -2.14. The van der Waals surface area contributed by atoms with Gasteiger partial charge in [-0.1, -0.05) is 6.07 Å². The Morgan fingerprint density at radius 2 is 2.00 bits per heavy atom. The van der Waals surface area contributed by atoms with Gasteiger partial charge in [-0.2, -0.15) is 9.98 Å². The summed E-state index contributed by atoms with van der Waals surface area (Å²) in [5.41, 5.74) is 0.312. The predicted molar refractivity (Wildman–Crippen MR) is 67.4 cm³/mol. The van der Waals surface area contributed by atoms with Gasteiger partial charge in [0.1, 0.15) is 6.04 Å². The summed E-state index contributed by atoms with van der Waals surface area (Å²) >= 11 is 0. The minimum atomic E-state index is -4.02. The van der Waals surface area contributed by atoms with Crippen molar-refractivity contribution in [1.82, 2.24) is 4.72 Å². The fraction of sp³-hybridized carbons (Fsp3) is 0.273. The third-order valence-corrected chi connectivity index (χ3v) is 3.51. The van der Waals surface area contributed by atoms with Gasteiger partial charge >= 0.3 is 5.97 Å². The number of carbonyl (C=O) groups is 1. The Hall–Kier alpha value is -2.31. The van der Waals surface area contributed by atoms with Gasteiger partial charge < -0.3 is 15.3 Å². The molecule has 0 aliphatic carbocycles. The predicted octanol–water partition coefficient (Wildman–Crippen LogP) is -0.464. The quantitative estimate of drug-likeness (QED) is 0.519. The highest BCUT2D eigenvalue weighted by molar-refractivity contribution is 7.89. The van der Waals surface area contributed by atoms with Gasteiger partial charge in [0.2, 0.25) is 10.0 Å². The van der Waals surface area contributed by atoms with Crippen molar-refractivity contribution in [3.8, 4) is 17.6 Å². The summed E-state index contributed by atoms with van der Waals surface area (Å²) in [5, 5.41) is 35.7. The Morgan fingerprint density at radius 1 is 1.35 bits per heavy atom. The number of hydrogen-bond donors (Lipinski definition) is 4. The maximum Gasteiger partial charge on any atom is 0.322 e. The zero-order chi connectivity index (χ0) is 15.3. The first-order valence-electron chi connectivity index (χ1n) is 5.36. The Morgan fingerprint density at radius 3 is 2.50 bits per heavy atom. The molecule has 0 saturated heterocycles. The van der Waals surface area contributed by atoms with Crippen molar-refractivity contribution in [2.75, 3.05) is 5.75 Å². The van der Waals surface area contributed by atoms with E-state index in [1.165, 1.54) is 12.1 Å². The van der Waals surface area contributed by atoms with Crippen molar-refractivity contribution < 1.29 is 28.5 Å². The van der Waals surface area contributed by atoms with Crippen molar-refractivity contribution in [3.63, 3.8) is 0 Å². The molecule has 1 atom stereocenters. The number of aliphatic carboxylic acids is 1. The van der Waals surface area contributed by atoms with Crippen LogP contribution in [0.4, 0.5) is 0 Å². The van der Waals surface area contributed by atoms with Gasteiger partial charge in [-0.25, -0.2) is 8.42 Å². The van der Waals surface area contributed by atoms with E-state index in [-0.39, 0.29) is 12.2 Å². The number of phenolic OH excluding ortho intramolecular Hbond substituents is 2.